The lowest BCUT2D eigenvalue weighted by atomic mass is 9.96. The number of rotatable bonds is 6. The van der Waals surface area contributed by atoms with E-state index < -0.39 is 5.41 Å². The fourth-order valence-corrected chi connectivity index (χ4v) is 2.20. The minimum Gasteiger partial charge on any atom is -0.355 e. The average molecular weight is 283 g/mol. The number of carbonyl (C=O) groups excluding carboxylic acids is 2. The van der Waals surface area contributed by atoms with Gasteiger partial charge in [-0.15, -0.1) is 0 Å². The van der Waals surface area contributed by atoms with Crippen LogP contribution in [0.1, 0.15) is 46.5 Å². The number of amides is 2. The SMILES string of the molecule is CC(C)(C)C(=O)NCC(=O)NCCCN1CCCCC1. The van der Waals surface area contributed by atoms with E-state index in [2.05, 4.69) is 15.5 Å². The third-order valence-corrected chi connectivity index (χ3v) is 3.51. The minimum atomic E-state index is -0.450. The zero-order chi connectivity index (χ0) is 15.0. The molecule has 0 unspecified atom stereocenters. The van der Waals surface area contributed by atoms with E-state index >= 15 is 0 Å². The first-order valence-electron chi connectivity index (χ1n) is 7.67. The minimum absolute atomic E-state index is 0.0693. The van der Waals surface area contributed by atoms with Crippen molar-refractivity contribution in [2.75, 3.05) is 32.7 Å². The maximum Gasteiger partial charge on any atom is 0.239 e. The van der Waals surface area contributed by atoms with Crippen LogP contribution in [-0.4, -0.2) is 49.4 Å². The van der Waals surface area contributed by atoms with Crippen molar-refractivity contribution >= 4 is 11.8 Å². The highest BCUT2D eigenvalue weighted by Crippen LogP contribution is 2.11. The second-order valence-corrected chi connectivity index (χ2v) is 6.54. The van der Waals surface area contributed by atoms with Gasteiger partial charge in [-0.1, -0.05) is 27.2 Å². The molecule has 1 aliphatic rings. The van der Waals surface area contributed by atoms with Crippen molar-refractivity contribution in [1.82, 2.24) is 15.5 Å². The Labute approximate surface area is 122 Å². The van der Waals surface area contributed by atoms with Gasteiger partial charge in [-0.3, -0.25) is 9.59 Å². The monoisotopic (exact) mass is 283 g/mol. The van der Waals surface area contributed by atoms with Gasteiger partial charge in [0.25, 0.3) is 0 Å². The fourth-order valence-electron chi connectivity index (χ4n) is 2.20. The molecule has 0 bridgehead atoms. The van der Waals surface area contributed by atoms with Crippen molar-refractivity contribution in [3.05, 3.63) is 0 Å². The van der Waals surface area contributed by atoms with Gasteiger partial charge in [-0.25, -0.2) is 0 Å². The highest BCUT2D eigenvalue weighted by Gasteiger charge is 2.21. The summed E-state index contributed by atoms with van der Waals surface area (Å²) in [6.45, 7) is 9.68. The first-order valence-corrected chi connectivity index (χ1v) is 7.67. The molecule has 0 radical (unpaired) electrons. The second-order valence-electron chi connectivity index (χ2n) is 6.54. The zero-order valence-electron chi connectivity index (χ0n) is 13.1. The summed E-state index contributed by atoms with van der Waals surface area (Å²) in [6.07, 6.45) is 4.91. The van der Waals surface area contributed by atoms with Crippen LogP contribution >= 0.6 is 0 Å². The number of piperidine rings is 1. The number of hydrogen-bond donors (Lipinski definition) is 2. The highest BCUT2D eigenvalue weighted by molar-refractivity contribution is 5.87. The summed E-state index contributed by atoms with van der Waals surface area (Å²) in [5.41, 5.74) is -0.450. The van der Waals surface area contributed by atoms with Crippen molar-refractivity contribution in [3.8, 4) is 0 Å². The van der Waals surface area contributed by atoms with Crippen molar-refractivity contribution in [3.63, 3.8) is 0 Å². The third kappa shape index (κ3) is 6.89. The van der Waals surface area contributed by atoms with E-state index in [1.54, 1.807) is 0 Å². The molecule has 0 saturated carbocycles. The van der Waals surface area contributed by atoms with Crippen LogP contribution < -0.4 is 10.6 Å². The van der Waals surface area contributed by atoms with Crippen LogP contribution in [-0.2, 0) is 9.59 Å². The smallest absolute Gasteiger partial charge is 0.239 e. The maximum atomic E-state index is 11.6. The van der Waals surface area contributed by atoms with Gasteiger partial charge < -0.3 is 15.5 Å². The van der Waals surface area contributed by atoms with E-state index in [1.165, 1.54) is 32.4 Å². The molecule has 0 spiro atoms. The predicted molar refractivity (Wildman–Crippen MR) is 80.4 cm³/mol. The Kier molecular flexibility index (Phi) is 6.99. The third-order valence-electron chi connectivity index (χ3n) is 3.51. The molecular weight excluding hydrogens is 254 g/mol. The molecule has 0 atom stereocenters. The molecule has 20 heavy (non-hydrogen) atoms. The molecule has 2 amide bonds. The topological polar surface area (TPSA) is 61.4 Å². The summed E-state index contributed by atoms with van der Waals surface area (Å²) in [5.74, 6) is -0.206. The molecular formula is C15H29N3O2. The van der Waals surface area contributed by atoms with Crippen molar-refractivity contribution in [1.29, 1.82) is 0 Å². The molecule has 1 fully saturated rings. The molecule has 0 aromatic rings. The lowest BCUT2D eigenvalue weighted by Crippen LogP contribution is -2.42. The van der Waals surface area contributed by atoms with Crippen LogP contribution in [0.2, 0.25) is 0 Å². The maximum absolute atomic E-state index is 11.6. The summed E-state index contributed by atoms with van der Waals surface area (Å²) in [6, 6.07) is 0. The number of nitrogens with one attached hydrogen (secondary N) is 2. The van der Waals surface area contributed by atoms with E-state index in [4.69, 9.17) is 0 Å². The van der Waals surface area contributed by atoms with Crippen LogP contribution in [0.4, 0.5) is 0 Å². The molecule has 1 saturated heterocycles. The summed E-state index contributed by atoms with van der Waals surface area (Å²) in [7, 11) is 0. The van der Waals surface area contributed by atoms with Crippen molar-refractivity contribution < 1.29 is 9.59 Å². The van der Waals surface area contributed by atoms with Crippen molar-refractivity contribution in [2.45, 2.75) is 46.5 Å². The highest BCUT2D eigenvalue weighted by atomic mass is 16.2. The first kappa shape index (κ1) is 17.0. The molecule has 5 nitrogen and oxygen atoms in total. The Bertz CT molecular complexity index is 318. The van der Waals surface area contributed by atoms with Crippen molar-refractivity contribution in [2.24, 2.45) is 5.41 Å². The van der Waals surface area contributed by atoms with Gasteiger partial charge in [-0.05, 0) is 38.9 Å². The van der Waals surface area contributed by atoms with Crippen LogP contribution in [0.3, 0.4) is 0 Å². The summed E-state index contributed by atoms with van der Waals surface area (Å²) >= 11 is 0. The second kappa shape index (κ2) is 8.25. The molecule has 1 heterocycles. The molecule has 0 aliphatic carbocycles. The van der Waals surface area contributed by atoms with E-state index in [1.807, 2.05) is 20.8 Å². The fraction of sp³-hybridized carbons (Fsp3) is 0.867. The lowest BCUT2D eigenvalue weighted by Gasteiger charge is -2.26. The van der Waals surface area contributed by atoms with Gasteiger partial charge in [0, 0.05) is 12.0 Å². The summed E-state index contributed by atoms with van der Waals surface area (Å²) < 4.78 is 0. The predicted octanol–water partition coefficient (Wildman–Crippen LogP) is 1.14. The largest absolute Gasteiger partial charge is 0.355 e. The Morgan fingerprint density at radius 1 is 1.05 bits per heavy atom. The molecule has 1 aliphatic heterocycles. The zero-order valence-corrected chi connectivity index (χ0v) is 13.1. The van der Waals surface area contributed by atoms with Gasteiger partial charge in [0.15, 0.2) is 0 Å². The van der Waals surface area contributed by atoms with E-state index in [-0.39, 0.29) is 18.4 Å². The standard InChI is InChI=1S/C15H29N3O2/c1-15(2,3)14(20)17-12-13(19)16-8-7-11-18-9-5-4-6-10-18/h4-12H2,1-3H3,(H,16,19)(H,17,20). The Hall–Kier alpha value is -1.10. The van der Waals surface area contributed by atoms with Gasteiger partial charge in [0.1, 0.15) is 0 Å². The summed E-state index contributed by atoms with van der Waals surface area (Å²) in [5, 5.41) is 5.50. The quantitative estimate of drug-likeness (QED) is 0.719. The molecule has 116 valence electrons. The average Bonchev–Trinajstić information content (AvgIpc) is 2.41. The Morgan fingerprint density at radius 2 is 1.70 bits per heavy atom. The number of carbonyl (C=O) groups is 2. The number of nitrogens with zero attached hydrogens (tertiary/aromatic N) is 1. The van der Waals surface area contributed by atoms with Gasteiger partial charge in [-0.2, -0.15) is 0 Å². The number of hydrogen-bond acceptors (Lipinski definition) is 3. The van der Waals surface area contributed by atoms with Crippen LogP contribution in [0.15, 0.2) is 0 Å². The van der Waals surface area contributed by atoms with E-state index in [9.17, 15) is 9.59 Å². The lowest BCUT2D eigenvalue weighted by molar-refractivity contribution is -0.131. The molecule has 0 aromatic carbocycles. The molecule has 2 N–H and O–H groups in total. The van der Waals surface area contributed by atoms with E-state index in [0.717, 1.165) is 13.0 Å². The van der Waals surface area contributed by atoms with Gasteiger partial charge >= 0.3 is 0 Å². The summed E-state index contributed by atoms with van der Waals surface area (Å²) in [4.78, 5) is 25.6. The molecule has 5 heteroatoms. The van der Waals surface area contributed by atoms with Crippen LogP contribution in [0.25, 0.3) is 0 Å². The van der Waals surface area contributed by atoms with Gasteiger partial charge in [0.2, 0.25) is 11.8 Å². The molecule has 1 rings (SSSR count). The van der Waals surface area contributed by atoms with Crippen LogP contribution in [0.5, 0.6) is 0 Å². The Morgan fingerprint density at radius 3 is 2.30 bits per heavy atom. The Balaban J connectivity index is 2.04. The van der Waals surface area contributed by atoms with Crippen LogP contribution in [0, 0.1) is 5.41 Å². The van der Waals surface area contributed by atoms with E-state index in [0.29, 0.717) is 6.54 Å². The molecule has 0 aromatic heterocycles. The normalized spacial score (nSPS) is 16.8. The van der Waals surface area contributed by atoms with Gasteiger partial charge in [0.05, 0.1) is 6.54 Å². The first-order chi connectivity index (χ1) is 9.39. The number of likely N-dealkylation sites (tertiary alicyclic amines) is 1.